The summed E-state index contributed by atoms with van der Waals surface area (Å²) in [5.41, 5.74) is 1.00. The van der Waals surface area contributed by atoms with Crippen LogP contribution in [0.2, 0.25) is 0 Å². The maximum Gasteiger partial charge on any atom is 0.262 e. The smallest absolute Gasteiger partial charge is 0.262 e. The van der Waals surface area contributed by atoms with E-state index < -0.39 is 0 Å². The third-order valence-corrected chi connectivity index (χ3v) is 3.60. The van der Waals surface area contributed by atoms with Gasteiger partial charge in [0, 0.05) is 17.0 Å². The molecule has 0 aliphatic rings. The van der Waals surface area contributed by atoms with Gasteiger partial charge in [0.15, 0.2) is 0 Å². The molecule has 0 amide bonds. The fourth-order valence-corrected chi connectivity index (χ4v) is 2.66. The molecule has 90 valence electrons. The molecule has 0 unspecified atom stereocenters. The van der Waals surface area contributed by atoms with Gasteiger partial charge in [0.2, 0.25) is 0 Å². The highest BCUT2D eigenvalue weighted by Crippen LogP contribution is 2.21. The molecule has 0 bridgehead atoms. The Morgan fingerprint density at radius 2 is 1.42 bits per heavy atom. The van der Waals surface area contributed by atoms with Crippen LogP contribution in [-0.4, -0.2) is 4.40 Å². The fraction of sp³-hybridized carbons (Fsp3) is 0. The predicted octanol–water partition coefficient (Wildman–Crippen LogP) is 3.61. The van der Waals surface area contributed by atoms with Crippen molar-refractivity contribution in [3.8, 4) is 0 Å². The fourth-order valence-electron chi connectivity index (χ4n) is 2.66. The lowest BCUT2D eigenvalue weighted by Gasteiger charge is -2.07. The van der Waals surface area contributed by atoms with Gasteiger partial charge in [0.1, 0.15) is 0 Å². The second kappa shape index (κ2) is 3.69. The second-order valence-corrected chi connectivity index (χ2v) is 4.69. The molecule has 2 nitrogen and oxygen atoms in total. The average Bonchev–Trinajstić information content (AvgIpc) is 2.47. The molecule has 0 saturated heterocycles. The van der Waals surface area contributed by atoms with Crippen molar-refractivity contribution in [3.63, 3.8) is 0 Å². The lowest BCUT2D eigenvalue weighted by molar-refractivity contribution is 1.13. The van der Waals surface area contributed by atoms with E-state index in [0.29, 0.717) is 0 Å². The van der Waals surface area contributed by atoms with Gasteiger partial charge in [-0.1, -0.05) is 42.5 Å². The van der Waals surface area contributed by atoms with Gasteiger partial charge in [-0.15, -0.1) is 0 Å². The third-order valence-electron chi connectivity index (χ3n) is 3.60. The normalized spacial score (nSPS) is 11.4. The van der Waals surface area contributed by atoms with E-state index in [0.717, 1.165) is 27.1 Å². The zero-order chi connectivity index (χ0) is 12.8. The summed E-state index contributed by atoms with van der Waals surface area (Å²) in [5, 5.41) is 4.00. The Balaban J connectivity index is 2.36. The van der Waals surface area contributed by atoms with Gasteiger partial charge in [0.25, 0.3) is 5.56 Å². The van der Waals surface area contributed by atoms with Crippen molar-refractivity contribution in [2.75, 3.05) is 0 Å². The molecule has 2 aromatic heterocycles. The van der Waals surface area contributed by atoms with Crippen LogP contribution in [0.4, 0.5) is 0 Å². The maximum absolute atomic E-state index is 12.5. The molecule has 0 saturated carbocycles. The number of hydrogen-bond acceptors (Lipinski definition) is 1. The zero-order valence-corrected chi connectivity index (χ0v) is 10.2. The number of aromatic nitrogens is 1. The van der Waals surface area contributed by atoms with Gasteiger partial charge in [-0.25, -0.2) is 0 Å². The number of nitrogens with zero attached hydrogens (tertiary/aromatic N) is 1. The SMILES string of the molecule is O=c1c2ccccc2cc2c3ccccc3ccn12. The number of hydrogen-bond donors (Lipinski definition) is 0. The van der Waals surface area contributed by atoms with Crippen LogP contribution >= 0.6 is 0 Å². The molecule has 4 aromatic rings. The van der Waals surface area contributed by atoms with Gasteiger partial charge in [-0.05, 0) is 29.0 Å². The van der Waals surface area contributed by atoms with Crippen molar-refractivity contribution in [3.05, 3.63) is 77.2 Å². The number of fused-ring (bicyclic) bond motifs is 4. The van der Waals surface area contributed by atoms with E-state index in [2.05, 4.69) is 18.2 Å². The molecule has 2 heteroatoms. The first-order chi connectivity index (χ1) is 9.34. The molecule has 0 spiro atoms. The standard InChI is InChI=1S/C17H11NO/c19-17-15-8-4-2-6-13(15)11-16-14-7-3-1-5-12(14)9-10-18(16)17/h1-11H. The summed E-state index contributed by atoms with van der Waals surface area (Å²) < 4.78 is 1.73. The van der Waals surface area contributed by atoms with E-state index in [1.807, 2.05) is 48.7 Å². The Morgan fingerprint density at radius 3 is 2.26 bits per heavy atom. The molecule has 0 aliphatic heterocycles. The topological polar surface area (TPSA) is 21.5 Å². The molecule has 0 N–H and O–H groups in total. The molecule has 2 heterocycles. The number of rotatable bonds is 0. The molecule has 19 heavy (non-hydrogen) atoms. The van der Waals surface area contributed by atoms with Crippen LogP contribution in [0.3, 0.4) is 0 Å². The molecule has 0 fully saturated rings. The van der Waals surface area contributed by atoms with Gasteiger partial charge in [0.05, 0.1) is 5.52 Å². The van der Waals surface area contributed by atoms with Crippen molar-refractivity contribution in [2.45, 2.75) is 0 Å². The van der Waals surface area contributed by atoms with Gasteiger partial charge < -0.3 is 0 Å². The lowest BCUT2D eigenvalue weighted by Crippen LogP contribution is -2.13. The molecule has 4 rings (SSSR count). The van der Waals surface area contributed by atoms with Crippen LogP contribution in [0.25, 0.3) is 27.1 Å². The first-order valence-corrected chi connectivity index (χ1v) is 6.26. The first-order valence-electron chi connectivity index (χ1n) is 6.26. The molecule has 2 aromatic carbocycles. The lowest BCUT2D eigenvalue weighted by atomic mass is 10.1. The van der Waals surface area contributed by atoms with Crippen LogP contribution in [0.5, 0.6) is 0 Å². The predicted molar refractivity (Wildman–Crippen MR) is 78.7 cm³/mol. The van der Waals surface area contributed by atoms with Gasteiger partial charge in [-0.2, -0.15) is 0 Å². The minimum absolute atomic E-state index is 0.0406. The van der Waals surface area contributed by atoms with Crippen molar-refractivity contribution >= 4 is 27.1 Å². The van der Waals surface area contributed by atoms with Crippen LogP contribution in [0.15, 0.2) is 71.7 Å². The van der Waals surface area contributed by atoms with E-state index in [-0.39, 0.29) is 5.56 Å². The molecule has 0 radical (unpaired) electrons. The Labute approximate surface area is 109 Å². The van der Waals surface area contributed by atoms with E-state index in [4.69, 9.17) is 0 Å². The highest BCUT2D eigenvalue weighted by Gasteiger charge is 2.05. The van der Waals surface area contributed by atoms with Gasteiger partial charge >= 0.3 is 0 Å². The minimum Gasteiger partial charge on any atom is -0.283 e. The summed E-state index contributed by atoms with van der Waals surface area (Å²) in [4.78, 5) is 12.5. The summed E-state index contributed by atoms with van der Waals surface area (Å²) in [5.74, 6) is 0. The molecule has 0 aliphatic carbocycles. The average molecular weight is 245 g/mol. The van der Waals surface area contributed by atoms with Crippen molar-refractivity contribution in [2.24, 2.45) is 0 Å². The van der Waals surface area contributed by atoms with E-state index in [1.54, 1.807) is 4.40 Å². The largest absolute Gasteiger partial charge is 0.283 e. The quantitative estimate of drug-likeness (QED) is 0.342. The highest BCUT2D eigenvalue weighted by molar-refractivity contribution is 5.99. The molecule has 0 atom stereocenters. The monoisotopic (exact) mass is 245 g/mol. The Morgan fingerprint density at radius 1 is 0.737 bits per heavy atom. The van der Waals surface area contributed by atoms with Crippen LogP contribution in [0, 0.1) is 0 Å². The summed E-state index contributed by atoms with van der Waals surface area (Å²) in [7, 11) is 0. The first kappa shape index (κ1) is 10.3. The third kappa shape index (κ3) is 1.40. The summed E-state index contributed by atoms with van der Waals surface area (Å²) >= 11 is 0. The van der Waals surface area contributed by atoms with Crippen LogP contribution < -0.4 is 5.56 Å². The maximum atomic E-state index is 12.5. The number of benzene rings is 2. The van der Waals surface area contributed by atoms with Crippen LogP contribution in [-0.2, 0) is 0 Å². The Hall–Kier alpha value is -2.61. The summed E-state index contributed by atoms with van der Waals surface area (Å²) in [6.07, 6.45) is 1.85. The van der Waals surface area contributed by atoms with Gasteiger partial charge in [-0.3, -0.25) is 9.20 Å². The van der Waals surface area contributed by atoms with E-state index in [1.165, 1.54) is 0 Å². The van der Waals surface area contributed by atoms with E-state index >= 15 is 0 Å². The van der Waals surface area contributed by atoms with Crippen molar-refractivity contribution in [1.29, 1.82) is 0 Å². The Bertz CT molecular complexity index is 982. The second-order valence-electron chi connectivity index (χ2n) is 4.69. The van der Waals surface area contributed by atoms with Crippen molar-refractivity contribution in [1.82, 2.24) is 4.40 Å². The minimum atomic E-state index is 0.0406. The molecular weight excluding hydrogens is 234 g/mol. The summed E-state index contributed by atoms with van der Waals surface area (Å²) in [6.45, 7) is 0. The number of pyridine rings is 2. The van der Waals surface area contributed by atoms with Crippen molar-refractivity contribution < 1.29 is 0 Å². The summed E-state index contributed by atoms with van der Waals surface area (Å²) in [6, 6.07) is 19.9. The van der Waals surface area contributed by atoms with Crippen LogP contribution in [0.1, 0.15) is 0 Å². The molecular formula is C17H11NO. The zero-order valence-electron chi connectivity index (χ0n) is 10.2. The highest BCUT2D eigenvalue weighted by atomic mass is 16.1. The van der Waals surface area contributed by atoms with E-state index in [9.17, 15) is 4.79 Å². The Kier molecular flexibility index (Phi) is 2.00.